The van der Waals surface area contributed by atoms with Crippen LogP contribution in [0, 0.1) is 0 Å². The summed E-state index contributed by atoms with van der Waals surface area (Å²) in [6.07, 6.45) is -28.0. The molecular weight excluding hydrogens is 455 g/mol. The van der Waals surface area contributed by atoms with Gasteiger partial charge in [0.15, 0.2) is 5.83 Å². The summed E-state index contributed by atoms with van der Waals surface area (Å²) >= 11 is 0. The quantitative estimate of drug-likeness (QED) is 0.351. The van der Waals surface area contributed by atoms with Crippen molar-refractivity contribution in [3.05, 3.63) is 12.4 Å². The lowest BCUT2D eigenvalue weighted by Gasteiger charge is -2.39. The Labute approximate surface area is 152 Å². The third-order valence-electron chi connectivity index (χ3n) is 3.03. The van der Waals surface area contributed by atoms with Crippen molar-refractivity contribution in [3.8, 4) is 0 Å². The van der Waals surface area contributed by atoms with Crippen LogP contribution >= 0.6 is 0 Å². The van der Waals surface area contributed by atoms with Gasteiger partial charge in [0.1, 0.15) is 12.7 Å². The van der Waals surface area contributed by atoms with Gasteiger partial charge in [-0.1, -0.05) is 6.58 Å². The summed E-state index contributed by atoms with van der Waals surface area (Å²) in [7, 11) is 0. The van der Waals surface area contributed by atoms with E-state index >= 15 is 0 Å². The van der Waals surface area contributed by atoms with Crippen molar-refractivity contribution in [1.29, 1.82) is 0 Å². The fourth-order valence-corrected chi connectivity index (χ4v) is 1.44. The summed E-state index contributed by atoms with van der Waals surface area (Å²) in [5.74, 6) is -16.2. The molecule has 29 heavy (non-hydrogen) atoms. The van der Waals surface area contributed by atoms with E-state index in [0.717, 1.165) is 0 Å². The molecule has 4 nitrogen and oxygen atoms in total. The smallest absolute Gasteiger partial charge is 0.372 e. The first-order valence-electron chi connectivity index (χ1n) is 6.90. The summed E-state index contributed by atoms with van der Waals surface area (Å²) in [5.41, 5.74) is 0. The molecular formula is C12H9F13O4. The molecule has 0 radical (unpaired) electrons. The standard InChI is InChI=1S/C12H9F13O4/c1-5(13)8(15,16)29-9(17,11(21,22)23)12(24,25)28-7(14,10(18,19)20)4-26-2-6-3-27-6/h6H,1-4H2. The molecule has 1 rings (SSSR count). The summed E-state index contributed by atoms with van der Waals surface area (Å²) < 4.78 is 182. The van der Waals surface area contributed by atoms with E-state index in [0.29, 0.717) is 0 Å². The van der Waals surface area contributed by atoms with Crippen molar-refractivity contribution >= 4 is 0 Å². The number of alkyl halides is 12. The van der Waals surface area contributed by atoms with Crippen molar-refractivity contribution in [3.63, 3.8) is 0 Å². The first-order valence-corrected chi connectivity index (χ1v) is 6.90. The van der Waals surface area contributed by atoms with E-state index < -0.39 is 61.4 Å². The van der Waals surface area contributed by atoms with E-state index in [1.807, 2.05) is 0 Å². The van der Waals surface area contributed by atoms with Crippen molar-refractivity contribution in [2.45, 2.75) is 42.4 Å². The molecule has 17 heteroatoms. The second kappa shape index (κ2) is 7.73. The van der Waals surface area contributed by atoms with Crippen LogP contribution in [0.2, 0.25) is 0 Å². The van der Waals surface area contributed by atoms with Gasteiger partial charge in [0, 0.05) is 0 Å². The van der Waals surface area contributed by atoms with Gasteiger partial charge in [-0.05, 0) is 0 Å². The highest BCUT2D eigenvalue weighted by Gasteiger charge is 2.80. The maximum atomic E-state index is 13.9. The van der Waals surface area contributed by atoms with Crippen LogP contribution in [-0.2, 0) is 18.9 Å². The minimum Gasteiger partial charge on any atom is -0.372 e. The Morgan fingerprint density at radius 2 is 1.34 bits per heavy atom. The van der Waals surface area contributed by atoms with Crippen molar-refractivity contribution in [2.75, 3.05) is 19.8 Å². The molecule has 172 valence electrons. The van der Waals surface area contributed by atoms with Crippen LogP contribution < -0.4 is 0 Å². The van der Waals surface area contributed by atoms with E-state index in [2.05, 4.69) is 18.9 Å². The van der Waals surface area contributed by atoms with Crippen LogP contribution in [0.5, 0.6) is 0 Å². The van der Waals surface area contributed by atoms with E-state index in [9.17, 15) is 57.1 Å². The van der Waals surface area contributed by atoms with Gasteiger partial charge >= 0.3 is 36.3 Å². The van der Waals surface area contributed by atoms with Gasteiger partial charge in [0.2, 0.25) is 0 Å². The summed E-state index contributed by atoms with van der Waals surface area (Å²) in [4.78, 5) is 0. The summed E-state index contributed by atoms with van der Waals surface area (Å²) in [5, 5.41) is 0. The van der Waals surface area contributed by atoms with Gasteiger partial charge in [-0.2, -0.15) is 52.7 Å². The molecule has 0 bridgehead atoms. The molecule has 1 aliphatic heterocycles. The Morgan fingerprint density at radius 3 is 1.69 bits per heavy atom. The molecule has 0 aliphatic carbocycles. The summed E-state index contributed by atoms with van der Waals surface area (Å²) in [6.45, 7) is -1.80. The predicted molar refractivity (Wildman–Crippen MR) is 62.7 cm³/mol. The zero-order valence-corrected chi connectivity index (χ0v) is 13.5. The Morgan fingerprint density at radius 1 is 0.862 bits per heavy atom. The average molecular weight is 464 g/mol. The Bertz CT molecular complexity index is 600. The van der Waals surface area contributed by atoms with Crippen LogP contribution in [0.15, 0.2) is 12.4 Å². The Balaban J connectivity index is 3.25. The maximum absolute atomic E-state index is 13.9. The molecule has 0 saturated carbocycles. The molecule has 1 heterocycles. The lowest BCUT2D eigenvalue weighted by molar-refractivity contribution is -0.529. The van der Waals surface area contributed by atoms with E-state index in [-0.39, 0.29) is 6.61 Å². The molecule has 1 saturated heterocycles. The lowest BCUT2D eigenvalue weighted by Crippen LogP contribution is -2.65. The monoisotopic (exact) mass is 464 g/mol. The second-order valence-corrected chi connectivity index (χ2v) is 5.43. The number of ether oxygens (including phenoxy) is 4. The predicted octanol–water partition coefficient (Wildman–Crippen LogP) is 4.56. The number of rotatable bonds is 10. The largest absolute Gasteiger partial charge is 0.458 e. The van der Waals surface area contributed by atoms with Crippen LogP contribution in [0.1, 0.15) is 0 Å². The SMILES string of the molecule is C=C(F)C(F)(F)OC(F)(C(F)(F)F)C(F)(F)OC(F)(COCC1CO1)C(F)(F)F. The molecule has 0 aromatic heterocycles. The van der Waals surface area contributed by atoms with Gasteiger partial charge in [-0.25, -0.2) is 4.39 Å². The molecule has 1 aliphatic rings. The number of hydrogen-bond acceptors (Lipinski definition) is 4. The first kappa shape index (κ1) is 25.7. The van der Waals surface area contributed by atoms with Gasteiger partial charge in [-0.15, -0.1) is 0 Å². The van der Waals surface area contributed by atoms with Crippen molar-refractivity contribution in [2.24, 2.45) is 0 Å². The average Bonchev–Trinajstić information content (AvgIpc) is 3.27. The molecule has 1 fully saturated rings. The fourth-order valence-electron chi connectivity index (χ4n) is 1.44. The van der Waals surface area contributed by atoms with Crippen LogP contribution in [0.4, 0.5) is 57.1 Å². The molecule has 0 spiro atoms. The highest BCUT2D eigenvalue weighted by Crippen LogP contribution is 2.53. The zero-order valence-electron chi connectivity index (χ0n) is 13.5. The van der Waals surface area contributed by atoms with E-state index in [1.54, 1.807) is 6.58 Å². The number of halogens is 13. The van der Waals surface area contributed by atoms with Crippen LogP contribution in [0.3, 0.4) is 0 Å². The minimum absolute atomic E-state index is 0.0833. The molecule has 0 N–H and O–H groups in total. The molecule has 3 unspecified atom stereocenters. The highest BCUT2D eigenvalue weighted by atomic mass is 19.4. The first-order chi connectivity index (χ1) is 12.7. The van der Waals surface area contributed by atoms with Crippen LogP contribution in [-0.4, -0.2) is 62.2 Å². The van der Waals surface area contributed by atoms with Gasteiger partial charge in [0.05, 0.1) is 13.2 Å². The van der Waals surface area contributed by atoms with Crippen LogP contribution in [0.25, 0.3) is 0 Å². The Hall–Kier alpha value is -1.33. The topological polar surface area (TPSA) is 40.2 Å². The van der Waals surface area contributed by atoms with Gasteiger partial charge in [0.25, 0.3) is 0 Å². The normalized spacial score (nSPS) is 22.7. The third kappa shape index (κ3) is 5.64. The molecule has 3 atom stereocenters. The minimum atomic E-state index is -7.27. The summed E-state index contributed by atoms with van der Waals surface area (Å²) in [6, 6.07) is 0. The molecule has 0 amide bonds. The second-order valence-electron chi connectivity index (χ2n) is 5.43. The fraction of sp³-hybridized carbons (Fsp3) is 0.833. The molecule has 0 aromatic carbocycles. The van der Waals surface area contributed by atoms with Gasteiger partial charge in [-0.3, -0.25) is 9.47 Å². The number of hydrogen-bond donors (Lipinski definition) is 0. The van der Waals surface area contributed by atoms with E-state index in [1.165, 1.54) is 0 Å². The highest BCUT2D eigenvalue weighted by molar-refractivity contribution is 4.97. The zero-order chi connectivity index (χ0) is 23.1. The maximum Gasteiger partial charge on any atom is 0.458 e. The van der Waals surface area contributed by atoms with Crippen molar-refractivity contribution < 1.29 is 76.0 Å². The van der Waals surface area contributed by atoms with Crippen molar-refractivity contribution in [1.82, 2.24) is 0 Å². The third-order valence-corrected chi connectivity index (χ3v) is 3.03. The van der Waals surface area contributed by atoms with Gasteiger partial charge < -0.3 is 9.47 Å². The van der Waals surface area contributed by atoms with E-state index in [4.69, 9.17) is 0 Å². The number of epoxide rings is 1. The Kier molecular flexibility index (Phi) is 6.86. The lowest BCUT2D eigenvalue weighted by atomic mass is 10.2. The molecule has 0 aromatic rings.